The number of hydrogen-bond acceptors (Lipinski definition) is 4. The number of carbonyl (C=O) groups is 2. The van der Waals surface area contributed by atoms with Crippen LogP contribution in [0.3, 0.4) is 0 Å². The predicted molar refractivity (Wildman–Crippen MR) is 55.9 cm³/mol. The van der Waals surface area contributed by atoms with E-state index in [1.807, 2.05) is 6.92 Å². The highest BCUT2D eigenvalue weighted by atomic mass is 16.7. The summed E-state index contributed by atoms with van der Waals surface area (Å²) in [6, 6.07) is 0. The number of esters is 2. The van der Waals surface area contributed by atoms with Gasteiger partial charge in [0.25, 0.3) is 0 Å². The number of hydrogen-bond donors (Lipinski definition) is 0. The van der Waals surface area contributed by atoms with Gasteiger partial charge < -0.3 is 9.47 Å². The first kappa shape index (κ1) is 13.7. The molecule has 0 aliphatic heterocycles. The van der Waals surface area contributed by atoms with E-state index in [0.717, 1.165) is 0 Å². The summed E-state index contributed by atoms with van der Waals surface area (Å²) in [7, 11) is 0. The summed E-state index contributed by atoms with van der Waals surface area (Å²) in [5.74, 6) is -1.10. The van der Waals surface area contributed by atoms with E-state index in [-0.39, 0.29) is 17.5 Å². The average Bonchev–Trinajstić information content (AvgIpc) is 2.15. The fourth-order valence-electron chi connectivity index (χ4n) is 0.722. The maximum Gasteiger partial charge on any atom is 0.336 e. The van der Waals surface area contributed by atoms with Crippen molar-refractivity contribution in [2.24, 2.45) is 5.92 Å². The molecule has 0 radical (unpaired) electrons. The molecule has 4 heteroatoms. The van der Waals surface area contributed by atoms with Gasteiger partial charge in [-0.05, 0) is 13.3 Å². The van der Waals surface area contributed by atoms with Gasteiger partial charge in [0.15, 0.2) is 0 Å². The molecule has 2 unspecified atom stereocenters. The molecule has 0 aliphatic carbocycles. The number of ether oxygens (including phenoxy) is 2. The Bertz CT molecular complexity index is 257. The Hall–Kier alpha value is -1.32. The van der Waals surface area contributed by atoms with Gasteiger partial charge in [-0.15, -0.1) is 0 Å². The molecular formula is C11H18O4. The van der Waals surface area contributed by atoms with Crippen LogP contribution in [-0.2, 0) is 19.1 Å². The van der Waals surface area contributed by atoms with E-state index >= 15 is 0 Å². The molecule has 0 aliphatic rings. The van der Waals surface area contributed by atoms with Crippen LogP contribution < -0.4 is 0 Å². The molecule has 0 bridgehead atoms. The lowest BCUT2D eigenvalue weighted by Gasteiger charge is -2.16. The molecule has 4 nitrogen and oxygen atoms in total. The van der Waals surface area contributed by atoms with Crippen molar-refractivity contribution in [3.05, 3.63) is 12.2 Å². The summed E-state index contributed by atoms with van der Waals surface area (Å²) in [5, 5.41) is 0. The van der Waals surface area contributed by atoms with E-state index in [1.54, 1.807) is 6.92 Å². The smallest absolute Gasteiger partial charge is 0.336 e. The molecule has 0 amide bonds. The molecule has 2 atom stereocenters. The highest BCUT2D eigenvalue weighted by Crippen LogP contribution is 2.07. The molecule has 0 N–H and O–H groups in total. The zero-order valence-electron chi connectivity index (χ0n) is 9.70. The lowest BCUT2D eigenvalue weighted by atomic mass is 10.1. The maximum atomic E-state index is 11.3. The van der Waals surface area contributed by atoms with Gasteiger partial charge in [0.1, 0.15) is 0 Å². The van der Waals surface area contributed by atoms with Gasteiger partial charge in [0, 0.05) is 12.5 Å². The fraction of sp³-hybridized carbons (Fsp3) is 0.636. The van der Waals surface area contributed by atoms with E-state index in [2.05, 4.69) is 6.58 Å². The summed E-state index contributed by atoms with van der Waals surface area (Å²) in [5.41, 5.74) is 0.279. The van der Waals surface area contributed by atoms with Gasteiger partial charge in [-0.25, -0.2) is 4.79 Å². The van der Waals surface area contributed by atoms with Crippen LogP contribution in [-0.4, -0.2) is 18.2 Å². The minimum atomic E-state index is -0.865. The average molecular weight is 214 g/mol. The van der Waals surface area contributed by atoms with E-state index in [9.17, 15) is 9.59 Å². The van der Waals surface area contributed by atoms with Crippen molar-refractivity contribution in [3.63, 3.8) is 0 Å². The topological polar surface area (TPSA) is 52.6 Å². The van der Waals surface area contributed by atoms with Crippen LogP contribution in [0.5, 0.6) is 0 Å². The molecular weight excluding hydrogens is 196 g/mol. The van der Waals surface area contributed by atoms with E-state index in [1.165, 1.54) is 13.8 Å². The summed E-state index contributed by atoms with van der Waals surface area (Å²) in [6.07, 6.45) is -0.171. The fourth-order valence-corrected chi connectivity index (χ4v) is 0.722. The molecule has 0 aromatic carbocycles. The molecule has 15 heavy (non-hydrogen) atoms. The Labute approximate surface area is 90.2 Å². The number of carbonyl (C=O) groups excluding carboxylic acids is 2. The van der Waals surface area contributed by atoms with Gasteiger partial charge in [0.2, 0.25) is 6.29 Å². The van der Waals surface area contributed by atoms with Crippen LogP contribution in [0.25, 0.3) is 0 Å². The second-order valence-electron chi connectivity index (χ2n) is 3.50. The predicted octanol–water partition coefficient (Wildman–Crippen LogP) is 2.04. The third-order valence-corrected chi connectivity index (χ3v) is 1.92. The molecule has 0 aromatic heterocycles. The van der Waals surface area contributed by atoms with E-state index in [0.29, 0.717) is 6.42 Å². The van der Waals surface area contributed by atoms with Gasteiger partial charge in [-0.1, -0.05) is 20.4 Å². The third-order valence-electron chi connectivity index (χ3n) is 1.92. The van der Waals surface area contributed by atoms with E-state index in [4.69, 9.17) is 9.47 Å². The highest BCUT2D eigenvalue weighted by molar-refractivity contribution is 5.87. The Morgan fingerprint density at radius 1 is 1.27 bits per heavy atom. The van der Waals surface area contributed by atoms with Crippen molar-refractivity contribution in [1.82, 2.24) is 0 Å². The highest BCUT2D eigenvalue weighted by Gasteiger charge is 2.18. The van der Waals surface area contributed by atoms with Crippen molar-refractivity contribution in [1.29, 1.82) is 0 Å². The minimum Gasteiger partial charge on any atom is -0.425 e. The van der Waals surface area contributed by atoms with E-state index < -0.39 is 12.3 Å². The molecule has 0 fully saturated rings. The zero-order valence-corrected chi connectivity index (χ0v) is 9.70. The first-order valence-electron chi connectivity index (χ1n) is 4.95. The van der Waals surface area contributed by atoms with Crippen molar-refractivity contribution in [3.8, 4) is 0 Å². The first-order chi connectivity index (χ1) is 6.88. The van der Waals surface area contributed by atoms with Crippen molar-refractivity contribution in [2.45, 2.75) is 40.4 Å². The Morgan fingerprint density at radius 3 is 2.20 bits per heavy atom. The zero-order chi connectivity index (χ0) is 12.0. The molecule has 86 valence electrons. The maximum absolute atomic E-state index is 11.3. The summed E-state index contributed by atoms with van der Waals surface area (Å²) in [4.78, 5) is 22.4. The monoisotopic (exact) mass is 214 g/mol. The molecule has 0 spiro atoms. The lowest BCUT2D eigenvalue weighted by molar-refractivity contribution is -0.184. The minimum absolute atomic E-state index is 0.184. The van der Waals surface area contributed by atoms with Crippen LogP contribution in [0.15, 0.2) is 12.2 Å². The molecule has 0 saturated heterocycles. The Kier molecular flexibility index (Phi) is 5.67. The van der Waals surface area contributed by atoms with Crippen molar-refractivity contribution in [2.75, 3.05) is 0 Å². The van der Waals surface area contributed by atoms with Gasteiger partial charge >= 0.3 is 11.9 Å². The van der Waals surface area contributed by atoms with Gasteiger partial charge in [-0.3, -0.25) is 4.79 Å². The van der Waals surface area contributed by atoms with Crippen LogP contribution in [0.1, 0.15) is 34.1 Å². The second kappa shape index (κ2) is 6.22. The summed E-state index contributed by atoms with van der Waals surface area (Å²) < 4.78 is 9.70. The Balaban J connectivity index is 4.04. The molecule has 0 heterocycles. The molecule has 0 saturated carbocycles. The largest absolute Gasteiger partial charge is 0.425 e. The third kappa shape index (κ3) is 5.20. The quantitative estimate of drug-likeness (QED) is 0.399. The lowest BCUT2D eigenvalue weighted by Crippen LogP contribution is -2.25. The van der Waals surface area contributed by atoms with Crippen LogP contribution in [0.2, 0.25) is 0 Å². The summed E-state index contributed by atoms with van der Waals surface area (Å²) in [6.45, 7) is 10.1. The molecule has 0 aromatic rings. The van der Waals surface area contributed by atoms with Crippen LogP contribution >= 0.6 is 0 Å². The molecule has 0 rings (SSSR count). The summed E-state index contributed by atoms with van der Waals surface area (Å²) >= 11 is 0. The second-order valence-corrected chi connectivity index (χ2v) is 3.50. The Morgan fingerprint density at radius 2 is 1.80 bits per heavy atom. The van der Waals surface area contributed by atoms with Crippen molar-refractivity contribution >= 4 is 11.9 Å². The SMILES string of the molecule is C=C(C)C(=O)OC(C)OC(=O)C(C)CC. The van der Waals surface area contributed by atoms with Crippen molar-refractivity contribution < 1.29 is 19.1 Å². The van der Waals surface area contributed by atoms with Gasteiger partial charge in [0.05, 0.1) is 5.92 Å². The van der Waals surface area contributed by atoms with Gasteiger partial charge in [-0.2, -0.15) is 0 Å². The van der Waals surface area contributed by atoms with Crippen LogP contribution in [0, 0.1) is 5.92 Å². The standard InChI is InChI=1S/C11H18O4/c1-6-8(4)11(13)15-9(5)14-10(12)7(2)3/h8-9H,2,6H2,1,3-5H3. The van der Waals surface area contributed by atoms with Crippen LogP contribution in [0.4, 0.5) is 0 Å². The normalized spacial score (nSPS) is 13.9. The first-order valence-corrected chi connectivity index (χ1v) is 4.95. The number of rotatable bonds is 5.